The standard InChI is InChI=1S/C16H22N2O2S/c1-2-5-15(19)17-12-8-10-18(11-9-12)16(20)13-6-3-4-7-14(13)21/h3-4,6-7,12,21H,2,5,8-11H2,1H3,(H,17,19). The van der Waals surface area contributed by atoms with Crippen molar-refractivity contribution >= 4 is 24.4 Å². The number of amides is 2. The van der Waals surface area contributed by atoms with Gasteiger partial charge < -0.3 is 10.2 Å². The van der Waals surface area contributed by atoms with Crippen molar-refractivity contribution in [1.82, 2.24) is 10.2 Å². The van der Waals surface area contributed by atoms with E-state index in [4.69, 9.17) is 0 Å². The minimum atomic E-state index is 0.0268. The summed E-state index contributed by atoms with van der Waals surface area (Å²) >= 11 is 4.34. The van der Waals surface area contributed by atoms with E-state index in [1.165, 1.54) is 0 Å². The second-order valence-corrected chi connectivity index (χ2v) is 5.88. The van der Waals surface area contributed by atoms with Crippen LogP contribution in [0, 0.1) is 0 Å². The summed E-state index contributed by atoms with van der Waals surface area (Å²) in [5.74, 6) is 0.141. The molecule has 2 rings (SSSR count). The second kappa shape index (κ2) is 7.50. The van der Waals surface area contributed by atoms with Crippen LogP contribution in [0.5, 0.6) is 0 Å². The molecule has 1 aromatic rings. The summed E-state index contributed by atoms with van der Waals surface area (Å²) in [6.07, 6.45) is 3.07. The van der Waals surface area contributed by atoms with Gasteiger partial charge in [-0.2, -0.15) is 0 Å². The molecule has 0 aromatic heterocycles. The van der Waals surface area contributed by atoms with E-state index >= 15 is 0 Å². The molecule has 1 fully saturated rings. The molecule has 1 N–H and O–H groups in total. The molecule has 1 saturated heterocycles. The van der Waals surface area contributed by atoms with Crippen LogP contribution in [0.3, 0.4) is 0 Å². The average Bonchev–Trinajstić information content (AvgIpc) is 2.48. The summed E-state index contributed by atoms with van der Waals surface area (Å²) in [6.45, 7) is 3.35. The Morgan fingerprint density at radius 3 is 2.57 bits per heavy atom. The molecule has 0 saturated carbocycles. The topological polar surface area (TPSA) is 49.4 Å². The first-order valence-corrected chi connectivity index (χ1v) is 7.93. The van der Waals surface area contributed by atoms with Crippen LogP contribution in [0.25, 0.3) is 0 Å². The molecule has 0 radical (unpaired) electrons. The molecule has 5 heteroatoms. The molecule has 1 aromatic carbocycles. The number of benzene rings is 1. The summed E-state index contributed by atoms with van der Waals surface area (Å²) in [6, 6.07) is 7.55. The normalized spacial score (nSPS) is 15.8. The smallest absolute Gasteiger partial charge is 0.254 e. The lowest BCUT2D eigenvalue weighted by atomic mass is 10.0. The summed E-state index contributed by atoms with van der Waals surface area (Å²) < 4.78 is 0. The van der Waals surface area contributed by atoms with Gasteiger partial charge in [0, 0.05) is 30.4 Å². The molecular formula is C16H22N2O2S. The SMILES string of the molecule is CCCC(=O)NC1CCN(C(=O)c2ccccc2S)CC1. The third-order valence-electron chi connectivity index (χ3n) is 3.76. The maximum absolute atomic E-state index is 12.4. The molecule has 0 spiro atoms. The molecule has 114 valence electrons. The van der Waals surface area contributed by atoms with Crippen LogP contribution < -0.4 is 5.32 Å². The molecule has 2 amide bonds. The quantitative estimate of drug-likeness (QED) is 0.840. The number of nitrogens with zero attached hydrogens (tertiary/aromatic N) is 1. The van der Waals surface area contributed by atoms with E-state index in [9.17, 15) is 9.59 Å². The number of hydrogen-bond acceptors (Lipinski definition) is 3. The first-order chi connectivity index (χ1) is 10.1. The van der Waals surface area contributed by atoms with Crippen molar-refractivity contribution in [1.29, 1.82) is 0 Å². The van der Waals surface area contributed by atoms with Crippen molar-refractivity contribution in [2.24, 2.45) is 0 Å². The number of piperidine rings is 1. The van der Waals surface area contributed by atoms with E-state index in [-0.39, 0.29) is 17.9 Å². The third-order valence-corrected chi connectivity index (χ3v) is 4.15. The fourth-order valence-electron chi connectivity index (χ4n) is 2.58. The van der Waals surface area contributed by atoms with Gasteiger partial charge in [-0.25, -0.2) is 0 Å². The van der Waals surface area contributed by atoms with Gasteiger partial charge in [0.2, 0.25) is 5.91 Å². The molecule has 4 nitrogen and oxygen atoms in total. The Morgan fingerprint density at radius 1 is 1.29 bits per heavy atom. The van der Waals surface area contributed by atoms with Gasteiger partial charge in [0.15, 0.2) is 0 Å². The summed E-state index contributed by atoms with van der Waals surface area (Å²) in [5, 5.41) is 3.04. The van der Waals surface area contributed by atoms with Crippen molar-refractivity contribution in [3.63, 3.8) is 0 Å². The van der Waals surface area contributed by atoms with Crippen molar-refractivity contribution in [3.8, 4) is 0 Å². The molecule has 0 aliphatic carbocycles. The minimum Gasteiger partial charge on any atom is -0.353 e. The Labute approximate surface area is 131 Å². The van der Waals surface area contributed by atoms with Crippen molar-refractivity contribution in [3.05, 3.63) is 29.8 Å². The van der Waals surface area contributed by atoms with E-state index in [0.717, 1.165) is 19.3 Å². The van der Waals surface area contributed by atoms with Gasteiger partial charge in [-0.05, 0) is 31.4 Å². The van der Waals surface area contributed by atoms with E-state index in [2.05, 4.69) is 17.9 Å². The second-order valence-electron chi connectivity index (χ2n) is 5.40. The zero-order valence-corrected chi connectivity index (χ0v) is 13.2. The lowest BCUT2D eigenvalue weighted by Crippen LogP contribution is -2.46. The largest absolute Gasteiger partial charge is 0.353 e. The zero-order chi connectivity index (χ0) is 15.2. The highest BCUT2D eigenvalue weighted by molar-refractivity contribution is 7.80. The number of hydrogen-bond donors (Lipinski definition) is 2. The molecule has 1 heterocycles. The average molecular weight is 306 g/mol. The number of thiol groups is 1. The summed E-state index contributed by atoms with van der Waals surface area (Å²) in [7, 11) is 0. The van der Waals surface area contributed by atoms with E-state index in [1.807, 2.05) is 30.0 Å². The molecule has 0 unspecified atom stereocenters. The fourth-order valence-corrected chi connectivity index (χ4v) is 2.83. The van der Waals surface area contributed by atoms with E-state index < -0.39 is 0 Å². The third kappa shape index (κ3) is 4.24. The maximum atomic E-state index is 12.4. The van der Waals surface area contributed by atoms with Gasteiger partial charge in [-0.1, -0.05) is 19.1 Å². The Hall–Kier alpha value is -1.49. The summed E-state index contributed by atoms with van der Waals surface area (Å²) in [4.78, 5) is 26.6. The number of carbonyl (C=O) groups excluding carboxylic acids is 2. The van der Waals surface area contributed by atoms with Crippen LogP contribution in [0.15, 0.2) is 29.2 Å². The molecule has 0 bridgehead atoms. The summed E-state index contributed by atoms with van der Waals surface area (Å²) in [5.41, 5.74) is 0.648. The number of nitrogens with one attached hydrogen (secondary N) is 1. The molecule has 1 aliphatic heterocycles. The van der Waals surface area contributed by atoms with Crippen LogP contribution >= 0.6 is 12.6 Å². The van der Waals surface area contributed by atoms with Gasteiger partial charge in [0.25, 0.3) is 5.91 Å². The van der Waals surface area contributed by atoms with Gasteiger partial charge in [0.1, 0.15) is 0 Å². The first-order valence-electron chi connectivity index (χ1n) is 7.48. The minimum absolute atomic E-state index is 0.0268. The van der Waals surface area contributed by atoms with Gasteiger partial charge >= 0.3 is 0 Å². The van der Waals surface area contributed by atoms with Crippen LogP contribution in [0.1, 0.15) is 43.0 Å². The molecule has 0 atom stereocenters. The predicted molar refractivity (Wildman–Crippen MR) is 85.7 cm³/mol. The van der Waals surface area contributed by atoms with Crippen molar-refractivity contribution in [2.45, 2.75) is 43.5 Å². The van der Waals surface area contributed by atoms with Gasteiger partial charge in [-0.15, -0.1) is 12.6 Å². The Kier molecular flexibility index (Phi) is 5.67. The highest BCUT2D eigenvalue weighted by Gasteiger charge is 2.25. The van der Waals surface area contributed by atoms with Crippen molar-refractivity contribution in [2.75, 3.05) is 13.1 Å². The zero-order valence-electron chi connectivity index (χ0n) is 12.3. The Bertz CT molecular complexity index is 511. The Balaban J connectivity index is 1.88. The van der Waals surface area contributed by atoms with Gasteiger partial charge in [-0.3, -0.25) is 9.59 Å². The number of rotatable bonds is 4. The lowest BCUT2D eigenvalue weighted by Gasteiger charge is -2.32. The molecule has 21 heavy (non-hydrogen) atoms. The number of carbonyl (C=O) groups is 2. The van der Waals surface area contributed by atoms with E-state index in [0.29, 0.717) is 30.0 Å². The van der Waals surface area contributed by atoms with E-state index in [1.54, 1.807) is 6.07 Å². The van der Waals surface area contributed by atoms with Gasteiger partial charge in [0.05, 0.1) is 5.56 Å². The monoisotopic (exact) mass is 306 g/mol. The highest BCUT2D eigenvalue weighted by Crippen LogP contribution is 2.18. The van der Waals surface area contributed by atoms with Crippen LogP contribution in [-0.4, -0.2) is 35.8 Å². The predicted octanol–water partition coefficient (Wildman–Crippen LogP) is 2.50. The van der Waals surface area contributed by atoms with Crippen LogP contribution in [-0.2, 0) is 4.79 Å². The molecular weight excluding hydrogens is 284 g/mol. The van der Waals surface area contributed by atoms with Crippen molar-refractivity contribution < 1.29 is 9.59 Å². The molecule has 1 aliphatic rings. The Morgan fingerprint density at radius 2 is 1.95 bits per heavy atom. The first kappa shape index (κ1) is 15.9. The highest BCUT2D eigenvalue weighted by atomic mass is 32.1. The van der Waals surface area contributed by atoms with Crippen LogP contribution in [0.2, 0.25) is 0 Å². The number of likely N-dealkylation sites (tertiary alicyclic amines) is 1. The maximum Gasteiger partial charge on any atom is 0.254 e. The lowest BCUT2D eigenvalue weighted by molar-refractivity contribution is -0.122. The fraction of sp³-hybridized carbons (Fsp3) is 0.500. The van der Waals surface area contributed by atoms with Crippen LogP contribution in [0.4, 0.5) is 0 Å².